The molecule has 10 heteroatoms. The lowest BCUT2D eigenvalue weighted by molar-refractivity contribution is -0.141. The number of rotatable bonds is 5. The molecule has 28 heavy (non-hydrogen) atoms. The number of carbonyl (C=O) groups is 2. The van der Waals surface area contributed by atoms with Gasteiger partial charge >= 0.3 is 12.3 Å². The maximum atomic E-state index is 13.2. The molecule has 1 aliphatic carbocycles. The van der Waals surface area contributed by atoms with Gasteiger partial charge in [0.25, 0.3) is 5.91 Å². The van der Waals surface area contributed by atoms with E-state index in [0.29, 0.717) is 18.9 Å². The van der Waals surface area contributed by atoms with Gasteiger partial charge in [0.15, 0.2) is 0 Å². The van der Waals surface area contributed by atoms with Gasteiger partial charge in [0.2, 0.25) is 0 Å². The van der Waals surface area contributed by atoms with E-state index in [9.17, 15) is 22.8 Å². The summed E-state index contributed by atoms with van der Waals surface area (Å²) < 4.78 is 44.6. The fourth-order valence-corrected chi connectivity index (χ4v) is 3.50. The van der Waals surface area contributed by atoms with E-state index in [0.717, 1.165) is 25.1 Å². The Labute approximate surface area is 160 Å². The minimum Gasteiger partial charge on any atom is -0.441 e. The lowest BCUT2D eigenvalue weighted by Gasteiger charge is -2.26. The van der Waals surface area contributed by atoms with Crippen LogP contribution in [0.2, 0.25) is 0 Å². The van der Waals surface area contributed by atoms with Crippen LogP contribution in [0.1, 0.15) is 49.2 Å². The zero-order valence-electron chi connectivity index (χ0n) is 15.7. The van der Waals surface area contributed by atoms with Crippen molar-refractivity contribution in [2.75, 3.05) is 18.0 Å². The van der Waals surface area contributed by atoms with Crippen molar-refractivity contribution >= 4 is 17.7 Å². The van der Waals surface area contributed by atoms with Crippen LogP contribution in [0.15, 0.2) is 12.3 Å². The second-order valence-electron chi connectivity index (χ2n) is 7.73. The van der Waals surface area contributed by atoms with Gasteiger partial charge in [-0.05, 0) is 38.7 Å². The van der Waals surface area contributed by atoms with Gasteiger partial charge in [0, 0.05) is 25.2 Å². The average molecular weight is 400 g/mol. The summed E-state index contributed by atoms with van der Waals surface area (Å²) in [6, 6.07) is 0.803. The molecular weight excluding hydrogens is 377 g/mol. The first-order chi connectivity index (χ1) is 13.0. The maximum absolute atomic E-state index is 13.2. The molecule has 7 nitrogen and oxygen atoms in total. The monoisotopic (exact) mass is 400 g/mol. The predicted octanol–water partition coefficient (Wildman–Crippen LogP) is 2.69. The number of nitrogens with zero attached hydrogens (tertiary/aromatic N) is 2. The number of halogens is 3. The summed E-state index contributed by atoms with van der Waals surface area (Å²) in [5, 5.41) is 2.84. The van der Waals surface area contributed by atoms with Crippen molar-refractivity contribution in [3.63, 3.8) is 0 Å². The fraction of sp³-hybridized carbons (Fsp3) is 0.611. The van der Waals surface area contributed by atoms with Crippen LogP contribution < -0.4 is 16.0 Å². The molecule has 1 aliphatic heterocycles. The topological polar surface area (TPSA) is 97.6 Å². The van der Waals surface area contributed by atoms with E-state index in [2.05, 4.69) is 10.3 Å². The zero-order valence-corrected chi connectivity index (χ0v) is 15.7. The third kappa shape index (κ3) is 4.48. The zero-order chi connectivity index (χ0) is 20.7. The summed E-state index contributed by atoms with van der Waals surface area (Å²) in [4.78, 5) is 28.8. The number of hydrogen-bond acceptors (Lipinski definition) is 5. The summed E-state index contributed by atoms with van der Waals surface area (Å²) >= 11 is 0. The average Bonchev–Trinajstić information content (AvgIpc) is 3.36. The van der Waals surface area contributed by atoms with Crippen LogP contribution in [0, 0.1) is 5.92 Å². The van der Waals surface area contributed by atoms with Gasteiger partial charge in [-0.2, -0.15) is 13.2 Å². The van der Waals surface area contributed by atoms with Gasteiger partial charge in [0.1, 0.15) is 11.3 Å². The van der Waals surface area contributed by atoms with E-state index < -0.39 is 29.5 Å². The molecule has 154 valence electrons. The van der Waals surface area contributed by atoms with Gasteiger partial charge in [-0.1, -0.05) is 0 Å². The fourth-order valence-electron chi connectivity index (χ4n) is 3.50. The van der Waals surface area contributed by atoms with E-state index in [1.165, 1.54) is 0 Å². The number of anilines is 1. The molecule has 2 aliphatic rings. The van der Waals surface area contributed by atoms with Gasteiger partial charge in [-0.15, -0.1) is 0 Å². The molecule has 1 aromatic heterocycles. The molecular formula is C18H23F3N4O3. The molecule has 2 fully saturated rings. The highest BCUT2D eigenvalue weighted by Crippen LogP contribution is 2.36. The smallest absolute Gasteiger partial charge is 0.433 e. The van der Waals surface area contributed by atoms with E-state index in [4.69, 9.17) is 10.5 Å². The van der Waals surface area contributed by atoms with Crippen LogP contribution in [0.3, 0.4) is 0 Å². The lowest BCUT2D eigenvalue weighted by Crippen LogP contribution is -2.38. The highest BCUT2D eigenvalue weighted by atomic mass is 19.4. The highest BCUT2D eigenvalue weighted by Gasteiger charge is 2.40. The van der Waals surface area contributed by atoms with E-state index in [-0.39, 0.29) is 23.8 Å². The molecule has 1 saturated carbocycles. The standard InChI is InChI=1S/C18H23F3N4O3/c1-10(11-3-4-11)24-15(26)12-8-23-14(18(19,20)21)7-13(12)25-6-5-17(2,9-25)28-16(22)27/h7-8,10-11H,3-6,9H2,1-2H3,(H2,22,27)(H,24,26)/t10-,17-/m0/s1. The van der Waals surface area contributed by atoms with Crippen LogP contribution in [-0.4, -0.2) is 41.7 Å². The first kappa shape index (κ1) is 20.2. The van der Waals surface area contributed by atoms with Crippen molar-refractivity contribution in [3.05, 3.63) is 23.5 Å². The van der Waals surface area contributed by atoms with Crippen LogP contribution >= 0.6 is 0 Å². The van der Waals surface area contributed by atoms with E-state index in [1.54, 1.807) is 11.8 Å². The van der Waals surface area contributed by atoms with Gasteiger partial charge in [0.05, 0.1) is 17.8 Å². The van der Waals surface area contributed by atoms with Crippen LogP contribution in [0.5, 0.6) is 0 Å². The molecule has 2 atom stereocenters. The Hall–Kier alpha value is -2.52. The van der Waals surface area contributed by atoms with Crippen molar-refractivity contribution in [2.24, 2.45) is 11.7 Å². The second-order valence-corrected chi connectivity index (χ2v) is 7.73. The summed E-state index contributed by atoms with van der Waals surface area (Å²) in [5.41, 5.74) is 3.23. The number of hydrogen-bond donors (Lipinski definition) is 2. The third-order valence-electron chi connectivity index (χ3n) is 5.23. The Morgan fingerprint density at radius 2 is 2.11 bits per heavy atom. The van der Waals surface area contributed by atoms with Crippen LogP contribution in [0.4, 0.5) is 23.7 Å². The number of pyridine rings is 1. The number of ether oxygens (including phenoxy) is 1. The molecule has 2 heterocycles. The number of primary amides is 1. The number of carbonyl (C=O) groups excluding carboxylic acids is 2. The van der Waals surface area contributed by atoms with Crippen molar-refractivity contribution in [1.29, 1.82) is 0 Å². The second kappa shape index (κ2) is 7.14. The van der Waals surface area contributed by atoms with Gasteiger partial charge < -0.3 is 20.7 Å². The first-order valence-electron chi connectivity index (χ1n) is 9.10. The molecule has 0 unspecified atom stereocenters. The van der Waals surface area contributed by atoms with Gasteiger partial charge in [-0.25, -0.2) is 4.79 Å². The summed E-state index contributed by atoms with van der Waals surface area (Å²) in [7, 11) is 0. The van der Waals surface area contributed by atoms with Gasteiger partial charge in [-0.3, -0.25) is 9.78 Å². The molecule has 2 amide bonds. The lowest BCUT2D eigenvalue weighted by atomic mass is 10.1. The number of nitrogens with two attached hydrogens (primary N) is 1. The number of alkyl halides is 3. The third-order valence-corrected chi connectivity index (χ3v) is 5.23. The van der Waals surface area contributed by atoms with Crippen molar-refractivity contribution in [2.45, 2.75) is 50.9 Å². The quantitative estimate of drug-likeness (QED) is 0.792. The normalized spacial score (nSPS) is 23.4. The summed E-state index contributed by atoms with van der Waals surface area (Å²) in [6.07, 6.45) is -2.22. The van der Waals surface area contributed by atoms with Crippen LogP contribution in [0.25, 0.3) is 0 Å². The number of nitrogens with one attached hydrogen (secondary N) is 1. The van der Waals surface area contributed by atoms with E-state index in [1.807, 2.05) is 6.92 Å². The first-order valence-corrected chi connectivity index (χ1v) is 9.10. The van der Waals surface area contributed by atoms with Crippen LogP contribution in [-0.2, 0) is 10.9 Å². The predicted molar refractivity (Wildman–Crippen MR) is 94.8 cm³/mol. The molecule has 3 N–H and O–H groups in total. The Bertz CT molecular complexity index is 782. The molecule has 1 aromatic rings. The molecule has 0 radical (unpaired) electrons. The minimum atomic E-state index is -4.64. The Kier molecular flexibility index (Phi) is 5.16. The summed E-state index contributed by atoms with van der Waals surface area (Å²) in [6.45, 7) is 3.96. The number of amides is 2. The summed E-state index contributed by atoms with van der Waals surface area (Å²) in [5.74, 6) is -0.0751. The van der Waals surface area contributed by atoms with Crippen molar-refractivity contribution in [1.82, 2.24) is 10.3 Å². The number of aromatic nitrogens is 1. The Morgan fingerprint density at radius 1 is 1.43 bits per heavy atom. The molecule has 0 aromatic carbocycles. The Morgan fingerprint density at radius 3 is 2.68 bits per heavy atom. The largest absolute Gasteiger partial charge is 0.441 e. The van der Waals surface area contributed by atoms with E-state index >= 15 is 0 Å². The van der Waals surface area contributed by atoms with Crippen molar-refractivity contribution < 1.29 is 27.5 Å². The highest BCUT2D eigenvalue weighted by molar-refractivity contribution is 5.99. The SMILES string of the molecule is C[C@H](NC(=O)c1cnc(C(F)(F)F)cc1N1CC[C@](C)(OC(N)=O)C1)C1CC1. The maximum Gasteiger partial charge on any atom is 0.433 e. The van der Waals surface area contributed by atoms with Crippen molar-refractivity contribution in [3.8, 4) is 0 Å². The molecule has 3 rings (SSSR count). The Balaban J connectivity index is 1.90. The minimum absolute atomic E-state index is 0.0591. The molecule has 0 spiro atoms. The molecule has 0 bridgehead atoms. The molecule has 1 saturated heterocycles.